The van der Waals surface area contributed by atoms with Crippen molar-refractivity contribution in [1.29, 1.82) is 0 Å². The quantitative estimate of drug-likeness (QED) is 0.539. The Morgan fingerprint density at radius 2 is 1.95 bits per heavy atom. The second-order valence-corrected chi connectivity index (χ2v) is 5.53. The molecule has 3 aromatic rings. The average molecular weight is 316 g/mol. The number of methoxy groups -OCH3 is 2. The molecule has 22 heavy (non-hydrogen) atoms. The molecule has 0 aliphatic heterocycles. The monoisotopic (exact) mass is 316 g/mol. The molecule has 0 radical (unpaired) electrons. The minimum absolute atomic E-state index is 0.0611. The molecule has 0 fully saturated rings. The lowest BCUT2D eigenvalue weighted by Crippen LogP contribution is -1.93. The fourth-order valence-electron chi connectivity index (χ4n) is 2.12. The summed E-state index contributed by atoms with van der Waals surface area (Å²) in [7, 11) is 3.03. The number of aromatic nitrogens is 1. The molecular weight excluding hydrogens is 304 g/mol. The molecule has 7 heteroatoms. The number of hydrogen-bond acceptors (Lipinski definition) is 6. The molecule has 6 nitrogen and oxygen atoms in total. The summed E-state index contributed by atoms with van der Waals surface area (Å²) in [5.41, 5.74) is 1.58. The SMILES string of the molecule is COc1ccc2nc(-c3ccc([N+](=O)[O-])c(OC)c3)sc2c1. The number of nitro benzene ring substituents is 1. The number of nitrogens with zero attached hydrogens (tertiary/aromatic N) is 2. The van der Waals surface area contributed by atoms with Crippen molar-refractivity contribution in [2.24, 2.45) is 0 Å². The van der Waals surface area contributed by atoms with Gasteiger partial charge in [-0.15, -0.1) is 11.3 Å². The Labute approximate surface area is 130 Å². The summed E-state index contributed by atoms with van der Waals surface area (Å²) in [6.45, 7) is 0. The second-order valence-electron chi connectivity index (χ2n) is 4.50. The Kier molecular flexibility index (Phi) is 3.64. The summed E-state index contributed by atoms with van der Waals surface area (Å²) in [4.78, 5) is 15.0. The van der Waals surface area contributed by atoms with Gasteiger partial charge in [0, 0.05) is 11.6 Å². The van der Waals surface area contributed by atoms with E-state index in [-0.39, 0.29) is 11.4 Å². The lowest BCUT2D eigenvalue weighted by molar-refractivity contribution is -0.385. The molecule has 0 saturated heterocycles. The molecule has 0 amide bonds. The van der Waals surface area contributed by atoms with E-state index in [0.29, 0.717) is 0 Å². The highest BCUT2D eigenvalue weighted by molar-refractivity contribution is 7.21. The van der Waals surface area contributed by atoms with E-state index in [2.05, 4.69) is 4.98 Å². The van der Waals surface area contributed by atoms with Gasteiger partial charge >= 0.3 is 5.69 Å². The third-order valence-electron chi connectivity index (χ3n) is 3.22. The molecular formula is C15H12N2O4S. The molecule has 0 aliphatic rings. The molecule has 0 saturated carbocycles. The number of ether oxygens (including phenoxy) is 2. The first-order valence-electron chi connectivity index (χ1n) is 6.40. The van der Waals surface area contributed by atoms with E-state index in [0.717, 1.165) is 26.5 Å². The summed E-state index contributed by atoms with van der Waals surface area (Å²) >= 11 is 1.50. The minimum atomic E-state index is -0.466. The topological polar surface area (TPSA) is 74.5 Å². The van der Waals surface area contributed by atoms with Gasteiger partial charge in [-0.25, -0.2) is 4.98 Å². The third kappa shape index (κ3) is 2.46. The first-order valence-corrected chi connectivity index (χ1v) is 7.21. The molecule has 112 valence electrons. The number of nitro groups is 1. The molecule has 0 aliphatic carbocycles. The smallest absolute Gasteiger partial charge is 0.310 e. The third-order valence-corrected chi connectivity index (χ3v) is 4.29. The van der Waals surface area contributed by atoms with Crippen molar-refractivity contribution in [3.8, 4) is 22.1 Å². The zero-order valence-electron chi connectivity index (χ0n) is 11.9. The van der Waals surface area contributed by atoms with E-state index < -0.39 is 4.92 Å². The Hall–Kier alpha value is -2.67. The fraction of sp³-hybridized carbons (Fsp3) is 0.133. The number of fused-ring (bicyclic) bond motifs is 1. The van der Waals surface area contributed by atoms with Crippen LogP contribution in [0.5, 0.6) is 11.5 Å². The highest BCUT2D eigenvalue weighted by Gasteiger charge is 2.16. The lowest BCUT2D eigenvalue weighted by Gasteiger charge is -2.03. The van der Waals surface area contributed by atoms with Gasteiger partial charge in [0.2, 0.25) is 0 Å². The van der Waals surface area contributed by atoms with Gasteiger partial charge in [-0.05, 0) is 30.3 Å². The van der Waals surface area contributed by atoms with Gasteiger partial charge in [0.05, 0.1) is 29.4 Å². The van der Waals surface area contributed by atoms with Crippen LogP contribution in [-0.4, -0.2) is 24.1 Å². The summed E-state index contributed by atoms with van der Waals surface area (Å²) < 4.78 is 11.3. The number of benzene rings is 2. The summed E-state index contributed by atoms with van der Waals surface area (Å²) in [5, 5.41) is 11.7. The molecule has 3 rings (SSSR count). The average Bonchev–Trinajstić information content (AvgIpc) is 2.96. The predicted molar refractivity (Wildman–Crippen MR) is 84.8 cm³/mol. The molecule has 2 aromatic carbocycles. The Bertz CT molecular complexity index is 860. The summed E-state index contributed by atoms with van der Waals surface area (Å²) in [6.07, 6.45) is 0. The first kappa shape index (κ1) is 14.3. The molecule has 1 heterocycles. The first-order chi connectivity index (χ1) is 10.6. The van der Waals surface area contributed by atoms with E-state index in [1.807, 2.05) is 18.2 Å². The van der Waals surface area contributed by atoms with E-state index >= 15 is 0 Å². The standard InChI is InChI=1S/C15H12N2O4S/c1-20-10-4-5-11-14(8-10)22-15(16-11)9-3-6-12(17(18)19)13(7-9)21-2/h3-8H,1-2H3. The van der Waals surface area contributed by atoms with Crippen LogP contribution in [-0.2, 0) is 0 Å². The molecule has 0 N–H and O–H groups in total. The van der Waals surface area contributed by atoms with Crippen molar-refractivity contribution in [2.45, 2.75) is 0 Å². The van der Waals surface area contributed by atoms with Gasteiger partial charge in [0.1, 0.15) is 10.8 Å². The van der Waals surface area contributed by atoms with Crippen LogP contribution < -0.4 is 9.47 Å². The Morgan fingerprint density at radius 3 is 2.64 bits per heavy atom. The molecule has 1 aromatic heterocycles. The zero-order valence-corrected chi connectivity index (χ0v) is 12.7. The van der Waals surface area contributed by atoms with Crippen molar-refractivity contribution in [1.82, 2.24) is 4.98 Å². The van der Waals surface area contributed by atoms with Gasteiger partial charge in [-0.2, -0.15) is 0 Å². The van der Waals surface area contributed by atoms with Crippen LogP contribution in [0, 0.1) is 10.1 Å². The van der Waals surface area contributed by atoms with E-state index in [4.69, 9.17) is 9.47 Å². The van der Waals surface area contributed by atoms with Crippen molar-refractivity contribution in [3.63, 3.8) is 0 Å². The number of thiazole rings is 1. The maximum Gasteiger partial charge on any atom is 0.310 e. The Morgan fingerprint density at radius 1 is 1.14 bits per heavy atom. The molecule has 0 bridgehead atoms. The summed E-state index contributed by atoms with van der Waals surface area (Å²) in [6, 6.07) is 10.4. The van der Waals surface area contributed by atoms with Gasteiger partial charge in [-0.3, -0.25) is 10.1 Å². The van der Waals surface area contributed by atoms with E-state index in [1.54, 1.807) is 19.2 Å². The number of rotatable bonds is 4. The largest absolute Gasteiger partial charge is 0.497 e. The lowest BCUT2D eigenvalue weighted by atomic mass is 10.2. The van der Waals surface area contributed by atoms with Gasteiger partial charge in [0.25, 0.3) is 0 Å². The van der Waals surface area contributed by atoms with E-state index in [1.165, 1.54) is 24.5 Å². The van der Waals surface area contributed by atoms with Crippen LogP contribution in [0.1, 0.15) is 0 Å². The second kappa shape index (κ2) is 5.61. The van der Waals surface area contributed by atoms with Gasteiger partial charge in [0.15, 0.2) is 5.75 Å². The molecule has 0 spiro atoms. The van der Waals surface area contributed by atoms with Crippen LogP contribution in [0.15, 0.2) is 36.4 Å². The summed E-state index contributed by atoms with van der Waals surface area (Å²) in [5.74, 6) is 0.989. The maximum atomic E-state index is 10.9. The van der Waals surface area contributed by atoms with Gasteiger partial charge < -0.3 is 9.47 Å². The Balaban J connectivity index is 2.08. The molecule has 0 unspecified atom stereocenters. The maximum absolute atomic E-state index is 10.9. The van der Waals surface area contributed by atoms with E-state index in [9.17, 15) is 10.1 Å². The van der Waals surface area contributed by atoms with Crippen molar-refractivity contribution in [2.75, 3.05) is 14.2 Å². The van der Waals surface area contributed by atoms with Crippen molar-refractivity contribution < 1.29 is 14.4 Å². The predicted octanol–water partition coefficient (Wildman–Crippen LogP) is 3.89. The highest BCUT2D eigenvalue weighted by atomic mass is 32.1. The normalized spacial score (nSPS) is 10.6. The molecule has 0 atom stereocenters. The fourth-order valence-corrected chi connectivity index (χ4v) is 3.11. The van der Waals surface area contributed by atoms with Crippen LogP contribution in [0.4, 0.5) is 5.69 Å². The van der Waals surface area contributed by atoms with Crippen LogP contribution in [0.3, 0.4) is 0 Å². The van der Waals surface area contributed by atoms with Crippen LogP contribution >= 0.6 is 11.3 Å². The van der Waals surface area contributed by atoms with Crippen LogP contribution in [0.2, 0.25) is 0 Å². The highest BCUT2D eigenvalue weighted by Crippen LogP contribution is 2.36. The number of hydrogen-bond donors (Lipinski definition) is 0. The zero-order chi connectivity index (χ0) is 15.7. The van der Waals surface area contributed by atoms with Crippen molar-refractivity contribution >= 4 is 27.2 Å². The van der Waals surface area contributed by atoms with Gasteiger partial charge in [-0.1, -0.05) is 0 Å². The van der Waals surface area contributed by atoms with Crippen molar-refractivity contribution in [3.05, 3.63) is 46.5 Å². The van der Waals surface area contributed by atoms with Crippen LogP contribution in [0.25, 0.3) is 20.8 Å². The minimum Gasteiger partial charge on any atom is -0.497 e.